The maximum atomic E-state index is 11.9. The molecule has 21 heavy (non-hydrogen) atoms. The Morgan fingerprint density at radius 2 is 1.71 bits per heavy atom. The van der Waals surface area contributed by atoms with Gasteiger partial charge in [-0.25, -0.2) is 0 Å². The van der Waals surface area contributed by atoms with Crippen molar-refractivity contribution in [3.63, 3.8) is 0 Å². The number of nitrogens with one attached hydrogen (secondary N) is 1. The van der Waals surface area contributed by atoms with Gasteiger partial charge < -0.3 is 10.2 Å². The first-order chi connectivity index (χ1) is 10.2. The second-order valence-corrected chi connectivity index (χ2v) is 5.27. The van der Waals surface area contributed by atoms with E-state index in [0.29, 0.717) is 13.1 Å². The number of carbonyl (C=O) groups excluding carboxylic acids is 2. The van der Waals surface area contributed by atoms with E-state index >= 15 is 0 Å². The van der Waals surface area contributed by atoms with Gasteiger partial charge in [-0.05, 0) is 12.1 Å². The molecule has 0 unspecified atom stereocenters. The van der Waals surface area contributed by atoms with Gasteiger partial charge >= 0.3 is 0 Å². The Bertz CT molecular complexity index is 478. The van der Waals surface area contributed by atoms with Crippen molar-refractivity contribution in [2.24, 2.45) is 0 Å². The predicted octanol–water partition coefficient (Wildman–Crippen LogP) is 2.56. The maximum absolute atomic E-state index is 11.9. The number of para-hydroxylation sites is 1. The van der Waals surface area contributed by atoms with Crippen molar-refractivity contribution in [1.82, 2.24) is 4.90 Å². The summed E-state index contributed by atoms with van der Waals surface area (Å²) in [6, 6.07) is 9.24. The van der Waals surface area contributed by atoms with Crippen LogP contribution in [0.5, 0.6) is 0 Å². The van der Waals surface area contributed by atoms with E-state index in [1.54, 1.807) is 17.1 Å². The largest absolute Gasteiger partial charge is 0.335 e. The minimum atomic E-state index is -0.113. The quantitative estimate of drug-likeness (QED) is 0.713. The van der Waals surface area contributed by atoms with Gasteiger partial charge in [0.2, 0.25) is 11.8 Å². The molecule has 0 fully saturated rings. The Morgan fingerprint density at radius 3 is 2.29 bits per heavy atom. The summed E-state index contributed by atoms with van der Waals surface area (Å²) in [5, 5.41) is 2.78. The molecular formula is C16H20N2O2S. The normalized spacial score (nSPS) is 9.71. The standard InChI is InChI=1S/C16H20N2O2S/c1-3-10-18(11-4-2)16(20)13-21-12-15(19)17-14-8-6-5-7-9-14/h3-9H,1-2,10-13H2,(H,17,19). The van der Waals surface area contributed by atoms with Gasteiger partial charge in [0.25, 0.3) is 0 Å². The molecule has 0 aliphatic heterocycles. The summed E-state index contributed by atoms with van der Waals surface area (Å²) in [7, 11) is 0. The fourth-order valence-electron chi connectivity index (χ4n) is 1.63. The average Bonchev–Trinajstić information content (AvgIpc) is 2.48. The number of nitrogens with zero attached hydrogens (tertiary/aromatic N) is 1. The second-order valence-electron chi connectivity index (χ2n) is 4.28. The van der Waals surface area contributed by atoms with Gasteiger partial charge in [-0.1, -0.05) is 30.4 Å². The van der Waals surface area contributed by atoms with E-state index < -0.39 is 0 Å². The lowest BCUT2D eigenvalue weighted by atomic mass is 10.3. The molecule has 5 heteroatoms. The van der Waals surface area contributed by atoms with Crippen molar-refractivity contribution in [3.05, 3.63) is 55.6 Å². The van der Waals surface area contributed by atoms with Gasteiger partial charge in [0, 0.05) is 18.8 Å². The van der Waals surface area contributed by atoms with Crippen molar-refractivity contribution < 1.29 is 9.59 Å². The molecule has 1 rings (SSSR count). The van der Waals surface area contributed by atoms with Crippen molar-refractivity contribution >= 4 is 29.3 Å². The highest BCUT2D eigenvalue weighted by Crippen LogP contribution is 2.08. The average molecular weight is 304 g/mol. The summed E-state index contributed by atoms with van der Waals surface area (Å²) in [6.07, 6.45) is 3.35. The minimum absolute atomic E-state index is 0.0210. The zero-order valence-corrected chi connectivity index (χ0v) is 12.8. The third-order valence-electron chi connectivity index (χ3n) is 2.57. The van der Waals surface area contributed by atoms with Crippen LogP contribution in [0.1, 0.15) is 0 Å². The van der Waals surface area contributed by atoms with Crippen LogP contribution in [0.25, 0.3) is 0 Å². The lowest BCUT2D eigenvalue weighted by Crippen LogP contribution is -2.33. The second kappa shape index (κ2) is 9.83. The first kappa shape index (κ1) is 17.0. The molecule has 0 bridgehead atoms. The molecule has 0 saturated carbocycles. The van der Waals surface area contributed by atoms with Crippen molar-refractivity contribution in [2.45, 2.75) is 0 Å². The highest BCUT2D eigenvalue weighted by molar-refractivity contribution is 8.00. The fourth-order valence-corrected chi connectivity index (χ4v) is 2.35. The lowest BCUT2D eigenvalue weighted by Gasteiger charge is -2.18. The van der Waals surface area contributed by atoms with Crippen LogP contribution >= 0.6 is 11.8 Å². The molecule has 0 heterocycles. The van der Waals surface area contributed by atoms with Gasteiger partial charge in [-0.3, -0.25) is 9.59 Å². The first-order valence-electron chi connectivity index (χ1n) is 6.59. The smallest absolute Gasteiger partial charge is 0.234 e. The summed E-state index contributed by atoms with van der Waals surface area (Å²) in [5.74, 6) is 0.380. The molecule has 4 nitrogen and oxygen atoms in total. The van der Waals surface area contributed by atoms with Crippen molar-refractivity contribution in [1.29, 1.82) is 0 Å². The molecule has 0 aliphatic carbocycles. The van der Waals surface area contributed by atoms with E-state index in [2.05, 4.69) is 18.5 Å². The van der Waals surface area contributed by atoms with Crippen LogP contribution in [-0.4, -0.2) is 41.3 Å². The number of thioether (sulfide) groups is 1. The molecule has 0 aliphatic rings. The highest BCUT2D eigenvalue weighted by Gasteiger charge is 2.11. The Morgan fingerprint density at radius 1 is 1.10 bits per heavy atom. The van der Waals surface area contributed by atoms with E-state index in [1.807, 2.05) is 30.3 Å². The summed E-state index contributed by atoms with van der Waals surface area (Å²) in [6.45, 7) is 8.22. The van der Waals surface area contributed by atoms with Crippen LogP contribution in [0.2, 0.25) is 0 Å². The van der Waals surface area contributed by atoms with Crippen LogP contribution in [0.4, 0.5) is 5.69 Å². The summed E-state index contributed by atoms with van der Waals surface area (Å²) >= 11 is 1.30. The molecule has 1 aromatic rings. The molecule has 0 atom stereocenters. The molecule has 112 valence electrons. The zero-order valence-electron chi connectivity index (χ0n) is 12.0. The molecular weight excluding hydrogens is 284 g/mol. The van der Waals surface area contributed by atoms with Gasteiger partial charge in [0.05, 0.1) is 11.5 Å². The van der Waals surface area contributed by atoms with Gasteiger partial charge in [0.15, 0.2) is 0 Å². The topological polar surface area (TPSA) is 49.4 Å². The fraction of sp³-hybridized carbons (Fsp3) is 0.250. The third kappa shape index (κ3) is 6.81. The molecule has 1 N–H and O–H groups in total. The van der Waals surface area contributed by atoms with Crippen molar-refractivity contribution in [3.8, 4) is 0 Å². The van der Waals surface area contributed by atoms with Crippen LogP contribution in [0.3, 0.4) is 0 Å². The van der Waals surface area contributed by atoms with Gasteiger partial charge in [-0.2, -0.15) is 0 Å². The number of amides is 2. The van der Waals surface area contributed by atoms with Gasteiger partial charge in [0.1, 0.15) is 0 Å². The van der Waals surface area contributed by atoms with E-state index in [0.717, 1.165) is 5.69 Å². The third-order valence-corrected chi connectivity index (χ3v) is 3.49. The number of rotatable bonds is 9. The zero-order chi connectivity index (χ0) is 15.5. The molecule has 1 aromatic carbocycles. The highest BCUT2D eigenvalue weighted by atomic mass is 32.2. The number of anilines is 1. The Hall–Kier alpha value is -2.01. The summed E-state index contributed by atoms with van der Waals surface area (Å²) in [4.78, 5) is 25.3. The number of hydrogen-bond acceptors (Lipinski definition) is 3. The summed E-state index contributed by atoms with van der Waals surface area (Å²) < 4.78 is 0. The monoisotopic (exact) mass is 304 g/mol. The Balaban J connectivity index is 2.31. The number of carbonyl (C=O) groups is 2. The molecule has 2 amide bonds. The molecule has 0 aromatic heterocycles. The van der Waals surface area contributed by atoms with E-state index in [1.165, 1.54) is 11.8 Å². The van der Waals surface area contributed by atoms with Gasteiger partial charge in [-0.15, -0.1) is 24.9 Å². The Kier molecular flexibility index (Phi) is 7.97. The van der Waals surface area contributed by atoms with Crippen LogP contribution in [0, 0.1) is 0 Å². The van der Waals surface area contributed by atoms with Crippen LogP contribution in [-0.2, 0) is 9.59 Å². The van der Waals surface area contributed by atoms with E-state index in [-0.39, 0.29) is 23.3 Å². The number of benzene rings is 1. The van der Waals surface area contributed by atoms with Crippen molar-refractivity contribution in [2.75, 3.05) is 29.9 Å². The lowest BCUT2D eigenvalue weighted by molar-refractivity contribution is -0.127. The van der Waals surface area contributed by atoms with E-state index in [9.17, 15) is 9.59 Å². The first-order valence-corrected chi connectivity index (χ1v) is 7.75. The predicted molar refractivity (Wildman–Crippen MR) is 89.4 cm³/mol. The molecule has 0 radical (unpaired) electrons. The maximum Gasteiger partial charge on any atom is 0.234 e. The molecule has 0 saturated heterocycles. The van der Waals surface area contributed by atoms with Crippen LogP contribution in [0.15, 0.2) is 55.6 Å². The van der Waals surface area contributed by atoms with Crippen LogP contribution < -0.4 is 5.32 Å². The SMILES string of the molecule is C=CCN(CC=C)C(=O)CSCC(=O)Nc1ccccc1. The summed E-state index contributed by atoms with van der Waals surface area (Å²) in [5.41, 5.74) is 0.759. The van der Waals surface area contributed by atoms with E-state index in [4.69, 9.17) is 0 Å². The number of hydrogen-bond donors (Lipinski definition) is 1. The minimum Gasteiger partial charge on any atom is -0.335 e. The molecule has 0 spiro atoms. The Labute approximate surface area is 129 Å².